The minimum absolute atomic E-state index is 0.0323. The van der Waals surface area contributed by atoms with Crippen LogP contribution in [0.25, 0.3) is 0 Å². The van der Waals surface area contributed by atoms with Gasteiger partial charge in [0.2, 0.25) is 0 Å². The van der Waals surface area contributed by atoms with E-state index in [2.05, 4.69) is 6.92 Å². The van der Waals surface area contributed by atoms with Gasteiger partial charge in [-0.15, -0.1) is 0 Å². The van der Waals surface area contributed by atoms with E-state index in [-0.39, 0.29) is 12.2 Å². The Hall–Kier alpha value is -1.58. The van der Waals surface area contributed by atoms with Gasteiger partial charge in [-0.05, 0) is 31.4 Å². The molecule has 178 valence electrons. The van der Waals surface area contributed by atoms with E-state index < -0.39 is 5.97 Å². The highest BCUT2D eigenvalue weighted by molar-refractivity contribution is 5.96. The smallest absolute Gasteiger partial charge is 0.309 e. The van der Waals surface area contributed by atoms with Crippen LogP contribution in [-0.4, -0.2) is 21.4 Å². The van der Waals surface area contributed by atoms with Crippen LogP contribution in [0.5, 0.6) is 0 Å². The van der Waals surface area contributed by atoms with Crippen LogP contribution in [0.3, 0.4) is 0 Å². The summed E-state index contributed by atoms with van der Waals surface area (Å²) in [5.74, 6) is -0.709. The van der Waals surface area contributed by atoms with E-state index in [1.165, 1.54) is 83.5 Å². The van der Waals surface area contributed by atoms with E-state index in [0.717, 1.165) is 29.7 Å². The van der Waals surface area contributed by atoms with Gasteiger partial charge in [0.05, 0.1) is 12.1 Å². The molecule has 0 aliphatic heterocycles. The van der Waals surface area contributed by atoms with Crippen molar-refractivity contribution in [3.8, 4) is 0 Å². The maximum Gasteiger partial charge on any atom is 0.309 e. The summed E-state index contributed by atoms with van der Waals surface area (Å²) in [5, 5.41) is 9.11. The third-order valence-corrected chi connectivity index (χ3v) is 6.68. The van der Waals surface area contributed by atoms with Crippen LogP contribution < -0.4 is 0 Å². The summed E-state index contributed by atoms with van der Waals surface area (Å²) in [6, 6.07) is 0. The molecule has 0 saturated heterocycles. The molecule has 31 heavy (non-hydrogen) atoms. The molecule has 4 heteroatoms. The van der Waals surface area contributed by atoms with Crippen LogP contribution in [0.1, 0.15) is 137 Å². The Morgan fingerprint density at radius 2 is 1.13 bits per heavy atom. The average molecular weight is 434 g/mol. The Labute approximate surface area is 190 Å². The number of carboxylic acids is 1. The lowest BCUT2D eigenvalue weighted by atomic mass is 10.0. The molecule has 0 aliphatic rings. The van der Waals surface area contributed by atoms with E-state index >= 15 is 0 Å². The number of carbonyl (C=O) groups is 2. The number of rotatable bonds is 19. The van der Waals surface area contributed by atoms with E-state index in [1.807, 2.05) is 20.9 Å². The van der Waals surface area contributed by atoms with Crippen molar-refractivity contribution < 1.29 is 14.7 Å². The molecular weight excluding hydrogens is 386 g/mol. The summed E-state index contributed by atoms with van der Waals surface area (Å²) in [5.41, 5.74) is 3.30. The second-order valence-electron chi connectivity index (χ2n) is 9.30. The van der Waals surface area contributed by atoms with Crippen molar-refractivity contribution in [2.24, 2.45) is 7.05 Å². The zero-order valence-corrected chi connectivity index (χ0v) is 20.7. The van der Waals surface area contributed by atoms with E-state index in [9.17, 15) is 9.59 Å². The van der Waals surface area contributed by atoms with Gasteiger partial charge in [0, 0.05) is 19.2 Å². The molecule has 1 aromatic rings. The van der Waals surface area contributed by atoms with Crippen molar-refractivity contribution in [2.75, 3.05) is 0 Å². The van der Waals surface area contributed by atoms with Gasteiger partial charge in [-0.3, -0.25) is 9.59 Å². The summed E-state index contributed by atoms with van der Waals surface area (Å²) < 4.78 is 1.80. The summed E-state index contributed by atoms with van der Waals surface area (Å²) in [7, 11) is 1.82. The van der Waals surface area contributed by atoms with Crippen molar-refractivity contribution in [3.05, 3.63) is 22.5 Å². The van der Waals surface area contributed by atoms with Crippen molar-refractivity contribution in [2.45, 2.75) is 130 Å². The van der Waals surface area contributed by atoms with Gasteiger partial charge >= 0.3 is 5.97 Å². The number of ketones is 1. The predicted octanol–water partition coefficient (Wildman–Crippen LogP) is 7.71. The van der Waals surface area contributed by atoms with Crippen molar-refractivity contribution >= 4 is 11.8 Å². The van der Waals surface area contributed by atoms with Crippen LogP contribution in [-0.2, 0) is 18.3 Å². The summed E-state index contributed by atoms with van der Waals surface area (Å²) >= 11 is 0. The molecule has 0 atom stereocenters. The molecule has 0 bridgehead atoms. The monoisotopic (exact) mass is 433 g/mol. The molecule has 4 nitrogen and oxygen atoms in total. The first-order valence-electron chi connectivity index (χ1n) is 12.8. The van der Waals surface area contributed by atoms with E-state index in [4.69, 9.17) is 5.11 Å². The Bertz CT molecular complexity index is 660. The van der Waals surface area contributed by atoms with Crippen LogP contribution in [0.2, 0.25) is 0 Å². The lowest BCUT2D eigenvalue weighted by Crippen LogP contribution is -2.11. The summed E-state index contributed by atoms with van der Waals surface area (Å²) in [4.78, 5) is 23.8. The SMILES string of the molecule is CCCCCCCCCCCCCCCCCC(=O)c1c(C)c(C)c(CC(=O)O)n1C. The molecular formula is C27H47NO3. The number of hydrogen-bond donors (Lipinski definition) is 1. The molecule has 1 N–H and O–H groups in total. The molecule has 1 rings (SSSR count). The first-order valence-corrected chi connectivity index (χ1v) is 12.8. The molecule has 1 aromatic heterocycles. The number of aliphatic carboxylic acids is 1. The van der Waals surface area contributed by atoms with Gasteiger partial charge in [-0.2, -0.15) is 0 Å². The van der Waals surface area contributed by atoms with E-state index in [0.29, 0.717) is 12.1 Å². The van der Waals surface area contributed by atoms with Crippen molar-refractivity contribution in [1.82, 2.24) is 4.57 Å². The van der Waals surface area contributed by atoms with Crippen LogP contribution in [0.4, 0.5) is 0 Å². The molecule has 1 heterocycles. The molecule has 0 aromatic carbocycles. The number of hydrogen-bond acceptors (Lipinski definition) is 2. The summed E-state index contributed by atoms with van der Waals surface area (Å²) in [6.07, 6.45) is 20.3. The normalized spacial score (nSPS) is 11.2. The largest absolute Gasteiger partial charge is 0.481 e. The molecule has 0 unspecified atom stereocenters. The molecule has 0 saturated carbocycles. The zero-order valence-electron chi connectivity index (χ0n) is 20.7. The highest BCUT2D eigenvalue weighted by Gasteiger charge is 2.21. The van der Waals surface area contributed by atoms with Gasteiger partial charge < -0.3 is 9.67 Å². The zero-order chi connectivity index (χ0) is 23.1. The fraction of sp³-hybridized carbons (Fsp3) is 0.778. The second-order valence-corrected chi connectivity index (χ2v) is 9.30. The van der Waals surface area contributed by atoms with Crippen LogP contribution in [0, 0.1) is 13.8 Å². The molecule has 0 amide bonds. The maximum atomic E-state index is 12.7. The Balaban J connectivity index is 2.10. The highest BCUT2D eigenvalue weighted by atomic mass is 16.4. The third kappa shape index (κ3) is 10.5. The molecule has 0 radical (unpaired) electrons. The fourth-order valence-corrected chi connectivity index (χ4v) is 4.60. The van der Waals surface area contributed by atoms with Crippen molar-refractivity contribution in [3.63, 3.8) is 0 Å². The third-order valence-electron chi connectivity index (χ3n) is 6.68. The first-order chi connectivity index (χ1) is 14.9. The van der Waals surface area contributed by atoms with Gasteiger partial charge in [-0.25, -0.2) is 0 Å². The number of aromatic nitrogens is 1. The highest BCUT2D eigenvalue weighted by Crippen LogP contribution is 2.23. The molecule has 0 fully saturated rings. The molecule has 0 aliphatic carbocycles. The summed E-state index contributed by atoms with van der Waals surface area (Å²) in [6.45, 7) is 6.12. The quantitative estimate of drug-likeness (QED) is 0.179. The minimum Gasteiger partial charge on any atom is -0.481 e. The number of unbranched alkanes of at least 4 members (excludes halogenated alkanes) is 14. The van der Waals surface area contributed by atoms with Gasteiger partial charge in [0.15, 0.2) is 5.78 Å². The standard InChI is InChI=1S/C27H47NO3/c1-5-6-7-8-9-10-11-12-13-14-15-16-17-18-19-20-25(29)27-23(3)22(2)24(28(27)4)21-26(30)31/h5-21H2,1-4H3,(H,30,31). The Morgan fingerprint density at radius 1 is 0.710 bits per heavy atom. The lowest BCUT2D eigenvalue weighted by molar-refractivity contribution is -0.136. The van der Waals surface area contributed by atoms with Gasteiger partial charge in [-0.1, -0.05) is 96.8 Å². The number of Topliss-reactive ketones (excluding diaryl/α,β-unsaturated/α-hetero) is 1. The maximum absolute atomic E-state index is 12.7. The number of carbonyl (C=O) groups excluding carboxylic acids is 1. The fourth-order valence-electron chi connectivity index (χ4n) is 4.60. The lowest BCUT2D eigenvalue weighted by Gasteiger charge is -2.07. The predicted molar refractivity (Wildman–Crippen MR) is 130 cm³/mol. The van der Waals surface area contributed by atoms with Crippen molar-refractivity contribution in [1.29, 1.82) is 0 Å². The average Bonchev–Trinajstić information content (AvgIpc) is 2.93. The van der Waals surface area contributed by atoms with Crippen LogP contribution >= 0.6 is 0 Å². The minimum atomic E-state index is -0.856. The number of nitrogens with zero attached hydrogens (tertiary/aromatic N) is 1. The Morgan fingerprint density at radius 3 is 1.55 bits per heavy atom. The number of carboxylic acid groups (broad SMARTS) is 1. The van der Waals surface area contributed by atoms with Gasteiger partial charge in [0.1, 0.15) is 0 Å². The first kappa shape index (κ1) is 27.5. The van der Waals surface area contributed by atoms with Crippen LogP contribution in [0.15, 0.2) is 0 Å². The van der Waals surface area contributed by atoms with E-state index in [1.54, 1.807) is 4.57 Å². The Kier molecular flexibility index (Phi) is 14.3. The molecule has 0 spiro atoms. The van der Waals surface area contributed by atoms with Gasteiger partial charge in [0.25, 0.3) is 0 Å². The second kappa shape index (κ2) is 16.1. The topological polar surface area (TPSA) is 59.3 Å².